The van der Waals surface area contributed by atoms with Crippen molar-refractivity contribution < 1.29 is 26.4 Å². The molecule has 0 saturated carbocycles. The van der Waals surface area contributed by atoms with Crippen LogP contribution in [-0.2, 0) is 16.2 Å². The summed E-state index contributed by atoms with van der Waals surface area (Å²) in [6.45, 7) is 4.80. The first-order valence-corrected chi connectivity index (χ1v) is 11.2. The van der Waals surface area contributed by atoms with E-state index in [0.29, 0.717) is 43.0 Å². The molecule has 6 nitrogen and oxygen atoms in total. The van der Waals surface area contributed by atoms with Crippen LogP contribution in [0.4, 0.5) is 18.9 Å². The van der Waals surface area contributed by atoms with Gasteiger partial charge in [0.1, 0.15) is 0 Å². The third kappa shape index (κ3) is 4.85. The predicted octanol–water partition coefficient (Wildman–Crippen LogP) is 3.19. The van der Waals surface area contributed by atoms with Crippen LogP contribution in [0.2, 0.25) is 0 Å². The fourth-order valence-corrected chi connectivity index (χ4v) is 4.63. The number of halogens is 3. The number of sulfonamides is 1. The van der Waals surface area contributed by atoms with Gasteiger partial charge in [-0.2, -0.15) is 13.2 Å². The molecule has 0 aliphatic carbocycles. The van der Waals surface area contributed by atoms with Crippen molar-refractivity contribution in [1.29, 1.82) is 0 Å². The van der Waals surface area contributed by atoms with E-state index in [4.69, 9.17) is 0 Å². The SMILES string of the molecule is CNS(=O)(=O)c1cc(C(=O)N2CCN(c3cccc(C(F)(F)F)c3)CC2)cc(C)c1C. The number of nitrogens with one attached hydrogen (secondary N) is 1. The van der Waals surface area contributed by atoms with Gasteiger partial charge in [0.25, 0.3) is 5.91 Å². The van der Waals surface area contributed by atoms with Crippen LogP contribution >= 0.6 is 0 Å². The van der Waals surface area contributed by atoms with Gasteiger partial charge in [-0.15, -0.1) is 0 Å². The van der Waals surface area contributed by atoms with Crippen molar-refractivity contribution in [3.8, 4) is 0 Å². The average Bonchev–Trinajstić information content (AvgIpc) is 2.74. The highest BCUT2D eigenvalue weighted by Gasteiger charge is 2.31. The highest BCUT2D eigenvalue weighted by atomic mass is 32.2. The predicted molar refractivity (Wildman–Crippen MR) is 112 cm³/mol. The van der Waals surface area contributed by atoms with E-state index in [9.17, 15) is 26.4 Å². The van der Waals surface area contributed by atoms with E-state index >= 15 is 0 Å². The number of hydrogen-bond acceptors (Lipinski definition) is 4. The van der Waals surface area contributed by atoms with Crippen LogP contribution in [0.3, 0.4) is 0 Å². The fourth-order valence-electron chi connectivity index (χ4n) is 3.57. The first-order valence-electron chi connectivity index (χ1n) is 9.70. The van der Waals surface area contributed by atoms with E-state index in [2.05, 4.69) is 4.72 Å². The second-order valence-electron chi connectivity index (χ2n) is 7.45. The normalized spacial score (nSPS) is 15.3. The summed E-state index contributed by atoms with van der Waals surface area (Å²) in [5, 5.41) is 0. The Hall–Kier alpha value is -2.59. The molecule has 0 aromatic heterocycles. The molecule has 1 aliphatic heterocycles. The lowest BCUT2D eigenvalue weighted by Crippen LogP contribution is -2.48. The molecule has 1 fully saturated rings. The Morgan fingerprint density at radius 2 is 1.68 bits per heavy atom. The summed E-state index contributed by atoms with van der Waals surface area (Å²) in [4.78, 5) is 16.4. The van der Waals surface area contributed by atoms with E-state index in [1.54, 1.807) is 35.8 Å². The maximum absolute atomic E-state index is 13.0. The van der Waals surface area contributed by atoms with Crippen molar-refractivity contribution >= 4 is 21.6 Å². The lowest BCUT2D eigenvalue weighted by atomic mass is 10.0. The van der Waals surface area contributed by atoms with Crippen LogP contribution < -0.4 is 9.62 Å². The average molecular weight is 456 g/mol. The molecule has 168 valence electrons. The highest BCUT2D eigenvalue weighted by molar-refractivity contribution is 7.89. The van der Waals surface area contributed by atoms with Crippen molar-refractivity contribution in [2.45, 2.75) is 24.9 Å². The highest BCUT2D eigenvalue weighted by Crippen LogP contribution is 2.32. The number of nitrogens with zero attached hydrogens (tertiary/aromatic N) is 2. The van der Waals surface area contributed by atoms with Gasteiger partial charge in [-0.3, -0.25) is 4.79 Å². The molecule has 31 heavy (non-hydrogen) atoms. The molecule has 1 aliphatic rings. The van der Waals surface area contributed by atoms with E-state index in [0.717, 1.165) is 12.1 Å². The number of anilines is 1. The summed E-state index contributed by atoms with van der Waals surface area (Å²) < 4.78 is 65.8. The summed E-state index contributed by atoms with van der Waals surface area (Å²) >= 11 is 0. The lowest BCUT2D eigenvalue weighted by molar-refractivity contribution is -0.137. The first-order chi connectivity index (χ1) is 14.4. The standard InChI is InChI=1S/C21H24F3N3O3S/c1-14-11-16(12-19(15(14)2)31(29,30)25-3)20(28)27-9-7-26(8-10-27)18-6-4-5-17(13-18)21(22,23)24/h4-6,11-13,25H,7-10H2,1-3H3. The number of benzene rings is 2. The molecular formula is C21H24F3N3O3S. The Bertz CT molecular complexity index is 1090. The maximum atomic E-state index is 13.0. The van der Waals surface area contributed by atoms with Crippen molar-refractivity contribution in [2.75, 3.05) is 38.1 Å². The first kappa shape index (κ1) is 23.1. The second-order valence-corrected chi connectivity index (χ2v) is 9.31. The maximum Gasteiger partial charge on any atom is 0.416 e. The van der Waals surface area contributed by atoms with Crippen molar-refractivity contribution in [3.05, 3.63) is 58.7 Å². The lowest BCUT2D eigenvalue weighted by Gasteiger charge is -2.36. The van der Waals surface area contributed by atoms with Crippen LogP contribution in [0.15, 0.2) is 41.3 Å². The van der Waals surface area contributed by atoms with Gasteiger partial charge in [-0.25, -0.2) is 13.1 Å². The summed E-state index contributed by atoms with van der Waals surface area (Å²) in [5.74, 6) is -0.306. The number of carbonyl (C=O) groups excluding carboxylic acids is 1. The molecule has 0 unspecified atom stereocenters. The van der Waals surface area contributed by atoms with Crippen LogP contribution in [-0.4, -0.2) is 52.5 Å². The molecular weight excluding hydrogens is 431 g/mol. The molecule has 3 rings (SSSR count). The third-order valence-electron chi connectivity index (χ3n) is 5.53. The zero-order chi connectivity index (χ0) is 23.0. The Kier molecular flexibility index (Phi) is 6.33. The van der Waals surface area contributed by atoms with Crippen LogP contribution in [0, 0.1) is 13.8 Å². The second kappa shape index (κ2) is 8.51. The molecule has 2 aromatic rings. The van der Waals surface area contributed by atoms with E-state index in [-0.39, 0.29) is 16.4 Å². The van der Waals surface area contributed by atoms with Gasteiger partial charge in [0.05, 0.1) is 10.5 Å². The molecule has 0 spiro atoms. The minimum absolute atomic E-state index is 0.0564. The minimum Gasteiger partial charge on any atom is -0.368 e. The quantitative estimate of drug-likeness (QED) is 0.769. The monoisotopic (exact) mass is 455 g/mol. The van der Waals surface area contributed by atoms with Crippen molar-refractivity contribution in [2.24, 2.45) is 0 Å². The molecule has 0 radical (unpaired) electrons. The fraction of sp³-hybridized carbons (Fsp3) is 0.381. The number of piperazine rings is 1. The molecule has 0 atom stereocenters. The summed E-state index contributed by atoms with van der Waals surface area (Å²) in [6.07, 6.45) is -4.41. The van der Waals surface area contributed by atoms with Gasteiger partial charge < -0.3 is 9.80 Å². The van der Waals surface area contributed by atoms with Gasteiger partial charge in [0.15, 0.2) is 0 Å². The van der Waals surface area contributed by atoms with Crippen LogP contribution in [0.25, 0.3) is 0 Å². The summed E-state index contributed by atoms with van der Waals surface area (Å²) in [6, 6.07) is 8.15. The Morgan fingerprint density at radius 1 is 1.03 bits per heavy atom. The van der Waals surface area contributed by atoms with Gasteiger partial charge in [0.2, 0.25) is 10.0 Å². The summed E-state index contributed by atoms with van der Waals surface area (Å²) in [7, 11) is -2.41. The van der Waals surface area contributed by atoms with E-state index in [1.807, 2.05) is 0 Å². The zero-order valence-corrected chi connectivity index (χ0v) is 18.3. The van der Waals surface area contributed by atoms with Crippen LogP contribution in [0.5, 0.6) is 0 Å². The molecule has 1 saturated heterocycles. The molecule has 10 heteroatoms. The van der Waals surface area contributed by atoms with Gasteiger partial charge >= 0.3 is 6.18 Å². The van der Waals surface area contributed by atoms with Crippen molar-refractivity contribution in [1.82, 2.24) is 9.62 Å². The number of hydrogen-bond donors (Lipinski definition) is 1. The number of alkyl halides is 3. The molecule has 0 bridgehead atoms. The van der Waals surface area contributed by atoms with Gasteiger partial charge in [0, 0.05) is 37.4 Å². The number of rotatable bonds is 4. The number of amides is 1. The van der Waals surface area contributed by atoms with Gasteiger partial charge in [-0.05, 0) is 62.4 Å². The summed E-state index contributed by atoms with van der Waals surface area (Å²) in [5.41, 5.74) is 1.26. The molecule has 1 amide bonds. The van der Waals surface area contributed by atoms with Gasteiger partial charge in [-0.1, -0.05) is 6.07 Å². The number of carbonyl (C=O) groups is 1. The third-order valence-corrected chi connectivity index (χ3v) is 7.07. The zero-order valence-electron chi connectivity index (χ0n) is 17.5. The number of aryl methyl sites for hydroxylation is 1. The largest absolute Gasteiger partial charge is 0.416 e. The van der Waals surface area contributed by atoms with E-state index in [1.165, 1.54) is 19.2 Å². The topological polar surface area (TPSA) is 69.7 Å². The molecule has 1 heterocycles. The molecule has 1 N–H and O–H groups in total. The van der Waals surface area contributed by atoms with Crippen LogP contribution in [0.1, 0.15) is 27.0 Å². The Labute approximate surface area is 179 Å². The Balaban J connectivity index is 1.77. The minimum atomic E-state index is -4.41. The van der Waals surface area contributed by atoms with Crippen molar-refractivity contribution in [3.63, 3.8) is 0 Å². The Morgan fingerprint density at radius 3 is 2.26 bits per heavy atom. The molecule has 2 aromatic carbocycles. The smallest absolute Gasteiger partial charge is 0.368 e. The van der Waals surface area contributed by atoms with E-state index < -0.39 is 21.8 Å².